The highest BCUT2D eigenvalue weighted by atomic mass is 16.5. The summed E-state index contributed by atoms with van der Waals surface area (Å²) in [6.45, 7) is 0.758. The summed E-state index contributed by atoms with van der Waals surface area (Å²) in [7, 11) is 0. The molecule has 0 spiro atoms. The predicted octanol–water partition coefficient (Wildman–Crippen LogP) is 1.86. The predicted molar refractivity (Wildman–Crippen MR) is 87.4 cm³/mol. The number of nitrogens with one attached hydrogen (secondary N) is 1. The zero-order valence-electron chi connectivity index (χ0n) is 13.1. The minimum atomic E-state index is -0.117. The molecule has 1 aromatic heterocycles. The van der Waals surface area contributed by atoms with Crippen molar-refractivity contribution in [3.8, 4) is 5.75 Å². The van der Waals surface area contributed by atoms with E-state index in [2.05, 4.69) is 39.0 Å². The van der Waals surface area contributed by atoms with Crippen molar-refractivity contribution in [1.82, 2.24) is 25.5 Å². The van der Waals surface area contributed by atoms with Crippen LogP contribution in [0.3, 0.4) is 0 Å². The van der Waals surface area contributed by atoms with Crippen molar-refractivity contribution >= 4 is 16.7 Å². The van der Waals surface area contributed by atoms with Gasteiger partial charge in [-0.05, 0) is 28.7 Å². The van der Waals surface area contributed by atoms with Crippen LogP contribution in [0.5, 0.6) is 5.75 Å². The van der Waals surface area contributed by atoms with Crippen molar-refractivity contribution in [1.29, 1.82) is 0 Å². The molecule has 0 saturated heterocycles. The minimum Gasteiger partial charge on any atom is -0.493 e. The van der Waals surface area contributed by atoms with Crippen molar-refractivity contribution < 1.29 is 9.53 Å². The van der Waals surface area contributed by atoms with Gasteiger partial charge in [-0.1, -0.05) is 36.4 Å². The van der Waals surface area contributed by atoms with Gasteiger partial charge >= 0.3 is 0 Å². The zero-order chi connectivity index (χ0) is 16.4. The van der Waals surface area contributed by atoms with Crippen LogP contribution < -0.4 is 10.1 Å². The van der Waals surface area contributed by atoms with Gasteiger partial charge in [0.05, 0.1) is 12.6 Å². The summed E-state index contributed by atoms with van der Waals surface area (Å²) in [5.41, 5.74) is 1.02. The van der Waals surface area contributed by atoms with Gasteiger partial charge in [0.2, 0.25) is 5.91 Å². The normalized spacial score (nSPS) is 16.9. The lowest BCUT2D eigenvalue weighted by Crippen LogP contribution is -2.31. The number of carbonyl (C=O) groups is 1. The number of ether oxygens (including phenoxy) is 1. The molecule has 24 heavy (non-hydrogen) atoms. The number of tetrazole rings is 1. The average molecular weight is 323 g/mol. The van der Waals surface area contributed by atoms with E-state index in [1.807, 2.05) is 18.2 Å². The van der Waals surface area contributed by atoms with E-state index in [-0.39, 0.29) is 18.5 Å². The number of amides is 1. The van der Waals surface area contributed by atoms with Gasteiger partial charge in [-0.25, -0.2) is 4.68 Å². The van der Waals surface area contributed by atoms with Gasteiger partial charge in [-0.2, -0.15) is 0 Å². The maximum atomic E-state index is 12.3. The van der Waals surface area contributed by atoms with Crippen LogP contribution in [0.15, 0.2) is 42.7 Å². The first-order valence-electron chi connectivity index (χ1n) is 7.96. The van der Waals surface area contributed by atoms with Gasteiger partial charge in [0.1, 0.15) is 18.6 Å². The Balaban J connectivity index is 1.63. The third-order valence-corrected chi connectivity index (χ3v) is 4.20. The molecule has 0 fully saturated rings. The zero-order valence-corrected chi connectivity index (χ0v) is 13.1. The summed E-state index contributed by atoms with van der Waals surface area (Å²) >= 11 is 0. The highest BCUT2D eigenvalue weighted by molar-refractivity contribution is 5.90. The molecule has 3 aromatic rings. The number of fused-ring (bicyclic) bond motifs is 3. The van der Waals surface area contributed by atoms with Gasteiger partial charge in [-0.3, -0.25) is 4.79 Å². The Hall–Kier alpha value is -2.96. The van der Waals surface area contributed by atoms with Gasteiger partial charge in [0.25, 0.3) is 0 Å². The molecule has 0 bridgehead atoms. The van der Waals surface area contributed by atoms with E-state index in [1.54, 1.807) is 0 Å². The smallest absolute Gasteiger partial charge is 0.242 e. The maximum Gasteiger partial charge on any atom is 0.242 e. The lowest BCUT2D eigenvalue weighted by molar-refractivity contribution is -0.122. The quantitative estimate of drug-likeness (QED) is 0.795. The second kappa shape index (κ2) is 6.27. The molecule has 1 amide bonds. The van der Waals surface area contributed by atoms with Crippen molar-refractivity contribution in [3.63, 3.8) is 0 Å². The van der Waals surface area contributed by atoms with Crippen molar-refractivity contribution in [3.05, 3.63) is 48.3 Å². The Bertz CT molecular complexity index is 863. The van der Waals surface area contributed by atoms with Crippen LogP contribution >= 0.6 is 0 Å². The van der Waals surface area contributed by atoms with E-state index in [1.165, 1.54) is 11.0 Å². The summed E-state index contributed by atoms with van der Waals surface area (Å²) in [5.74, 6) is 0.756. The fraction of sp³-hybridized carbons (Fsp3) is 0.294. The molecule has 4 rings (SSSR count). The molecule has 0 radical (unpaired) electrons. The highest BCUT2D eigenvalue weighted by Crippen LogP contribution is 2.37. The first-order valence-corrected chi connectivity index (χ1v) is 7.96. The third-order valence-electron chi connectivity index (χ3n) is 4.20. The maximum absolute atomic E-state index is 12.3. The minimum absolute atomic E-state index is 0.0731. The van der Waals surface area contributed by atoms with E-state index < -0.39 is 0 Å². The van der Waals surface area contributed by atoms with Gasteiger partial charge in [0, 0.05) is 10.9 Å². The van der Waals surface area contributed by atoms with E-state index in [4.69, 9.17) is 4.74 Å². The van der Waals surface area contributed by atoms with Crippen LogP contribution in [0.25, 0.3) is 10.8 Å². The van der Waals surface area contributed by atoms with Crippen LogP contribution in [0.4, 0.5) is 0 Å². The molecule has 0 aliphatic carbocycles. The Kier molecular flexibility index (Phi) is 3.82. The first kappa shape index (κ1) is 14.6. The second-order valence-electron chi connectivity index (χ2n) is 5.82. The number of rotatable bonds is 3. The molecule has 1 aliphatic rings. The van der Waals surface area contributed by atoms with E-state index in [9.17, 15) is 4.79 Å². The second-order valence-corrected chi connectivity index (χ2v) is 5.82. The summed E-state index contributed by atoms with van der Waals surface area (Å²) in [4.78, 5) is 12.3. The van der Waals surface area contributed by atoms with Crippen LogP contribution in [0.1, 0.15) is 24.4 Å². The largest absolute Gasteiger partial charge is 0.493 e. The van der Waals surface area contributed by atoms with Gasteiger partial charge < -0.3 is 10.1 Å². The fourth-order valence-corrected chi connectivity index (χ4v) is 3.10. The van der Waals surface area contributed by atoms with Crippen LogP contribution in [0, 0.1) is 0 Å². The SMILES string of the molecule is O=C(Cn1cnnn1)NC1CCCOc2c1ccc1ccccc21. The molecule has 122 valence electrons. The molecule has 1 aliphatic heterocycles. The Labute approximate surface area is 138 Å². The van der Waals surface area contributed by atoms with Crippen LogP contribution in [-0.2, 0) is 11.3 Å². The monoisotopic (exact) mass is 323 g/mol. The average Bonchev–Trinajstić information content (AvgIpc) is 3.01. The summed E-state index contributed by atoms with van der Waals surface area (Å²) in [6, 6.07) is 12.2. The summed E-state index contributed by atoms with van der Waals surface area (Å²) < 4.78 is 7.40. The van der Waals surface area contributed by atoms with Crippen LogP contribution in [-0.4, -0.2) is 32.7 Å². The molecule has 2 aromatic carbocycles. The van der Waals surface area contributed by atoms with Gasteiger partial charge in [0.15, 0.2) is 0 Å². The summed E-state index contributed by atoms with van der Waals surface area (Å²) in [5, 5.41) is 16.1. The lowest BCUT2D eigenvalue weighted by atomic mass is 9.98. The molecule has 7 heteroatoms. The molecule has 7 nitrogen and oxygen atoms in total. The fourth-order valence-electron chi connectivity index (χ4n) is 3.10. The molecule has 1 unspecified atom stereocenters. The van der Waals surface area contributed by atoms with Crippen molar-refractivity contribution in [2.24, 2.45) is 0 Å². The number of benzene rings is 2. The summed E-state index contributed by atoms with van der Waals surface area (Å²) in [6.07, 6.45) is 3.16. The third kappa shape index (κ3) is 2.80. The number of hydrogen-bond acceptors (Lipinski definition) is 5. The Morgan fingerprint density at radius 2 is 2.21 bits per heavy atom. The van der Waals surface area contributed by atoms with Gasteiger partial charge in [-0.15, -0.1) is 5.10 Å². The number of hydrogen-bond donors (Lipinski definition) is 1. The van der Waals surface area contributed by atoms with Crippen molar-refractivity contribution in [2.45, 2.75) is 25.4 Å². The topological polar surface area (TPSA) is 81.9 Å². The first-order chi connectivity index (χ1) is 11.8. The van der Waals surface area contributed by atoms with Crippen LogP contribution in [0.2, 0.25) is 0 Å². The van der Waals surface area contributed by atoms with E-state index >= 15 is 0 Å². The van der Waals surface area contributed by atoms with E-state index in [0.29, 0.717) is 6.61 Å². The Morgan fingerprint density at radius 3 is 3.08 bits per heavy atom. The number of carbonyl (C=O) groups excluding carboxylic acids is 1. The lowest BCUT2D eigenvalue weighted by Gasteiger charge is -2.19. The number of nitrogens with zero attached hydrogens (tertiary/aromatic N) is 4. The molecule has 2 heterocycles. The van der Waals surface area contributed by atoms with Crippen molar-refractivity contribution in [2.75, 3.05) is 6.61 Å². The highest BCUT2D eigenvalue weighted by Gasteiger charge is 2.23. The Morgan fingerprint density at radius 1 is 1.29 bits per heavy atom. The number of aromatic nitrogens is 4. The molecular formula is C17H17N5O2. The molecule has 1 atom stereocenters. The standard InChI is InChI=1S/C17H17N5O2/c23-16(10-22-11-18-20-21-22)19-15-6-3-9-24-17-13-5-2-1-4-12(13)7-8-14(15)17/h1-2,4-5,7-8,11,15H,3,6,9-10H2,(H,19,23). The molecular weight excluding hydrogens is 306 g/mol. The molecule has 1 N–H and O–H groups in total. The molecule has 0 saturated carbocycles. The van der Waals surface area contributed by atoms with E-state index in [0.717, 1.165) is 34.9 Å².